The van der Waals surface area contributed by atoms with E-state index in [1.807, 2.05) is 4.68 Å². The zero-order valence-electron chi connectivity index (χ0n) is 16.4. The molecule has 2 aliphatic heterocycles. The summed E-state index contributed by atoms with van der Waals surface area (Å²) in [6, 6.07) is 8.54. The molecule has 0 aliphatic carbocycles. The average molecular weight is 496 g/mol. The third kappa shape index (κ3) is 5.02. The minimum Gasteiger partial charge on any atom is -0.381 e. The van der Waals surface area contributed by atoms with Crippen molar-refractivity contribution in [1.82, 2.24) is 25.0 Å². The van der Waals surface area contributed by atoms with E-state index in [2.05, 4.69) is 51.5 Å². The minimum atomic E-state index is 0. The van der Waals surface area contributed by atoms with E-state index >= 15 is 0 Å². The van der Waals surface area contributed by atoms with Crippen LogP contribution in [0.3, 0.4) is 0 Å². The molecule has 2 fully saturated rings. The fourth-order valence-corrected chi connectivity index (χ4v) is 4.01. The largest absolute Gasteiger partial charge is 0.381 e. The minimum absolute atomic E-state index is 0. The van der Waals surface area contributed by atoms with E-state index in [0.717, 1.165) is 45.4 Å². The maximum absolute atomic E-state index is 5.66. The number of benzene rings is 1. The van der Waals surface area contributed by atoms with Crippen molar-refractivity contribution in [1.29, 1.82) is 0 Å². The second-order valence-electron chi connectivity index (χ2n) is 7.56. The fraction of sp³-hybridized carbons (Fsp3) is 0.550. The van der Waals surface area contributed by atoms with E-state index in [-0.39, 0.29) is 24.0 Å². The van der Waals surface area contributed by atoms with Crippen LogP contribution in [0.5, 0.6) is 0 Å². The van der Waals surface area contributed by atoms with Gasteiger partial charge < -0.3 is 15.0 Å². The number of nitrogens with one attached hydrogen (secondary N) is 1. The van der Waals surface area contributed by atoms with Crippen molar-refractivity contribution >= 4 is 29.9 Å². The summed E-state index contributed by atoms with van der Waals surface area (Å²) in [6.45, 7) is 8.31. The molecule has 0 bridgehead atoms. The van der Waals surface area contributed by atoms with E-state index in [1.165, 1.54) is 24.0 Å². The van der Waals surface area contributed by atoms with Crippen molar-refractivity contribution < 1.29 is 4.74 Å². The molecule has 1 aromatic carbocycles. The second kappa shape index (κ2) is 9.69. The van der Waals surface area contributed by atoms with E-state index in [9.17, 15) is 0 Å². The Bertz CT molecular complexity index is 773. The summed E-state index contributed by atoms with van der Waals surface area (Å²) in [6.07, 6.45) is 5.68. The van der Waals surface area contributed by atoms with Crippen LogP contribution in [0.4, 0.5) is 0 Å². The highest BCUT2D eigenvalue weighted by molar-refractivity contribution is 14.0. The fourth-order valence-electron chi connectivity index (χ4n) is 4.01. The van der Waals surface area contributed by atoms with Crippen LogP contribution in [0.15, 0.2) is 41.9 Å². The van der Waals surface area contributed by atoms with Gasteiger partial charge in [0, 0.05) is 31.7 Å². The molecule has 1 aromatic heterocycles. The van der Waals surface area contributed by atoms with Gasteiger partial charge in [0.05, 0.1) is 19.7 Å². The van der Waals surface area contributed by atoms with Crippen LogP contribution in [0.1, 0.15) is 30.9 Å². The molecule has 1 N–H and O–H groups in total. The van der Waals surface area contributed by atoms with Gasteiger partial charge in [0.25, 0.3) is 0 Å². The number of guanidine groups is 1. The molecule has 1 spiro atoms. The molecule has 7 nitrogen and oxygen atoms in total. The first kappa shape index (κ1) is 21.0. The lowest BCUT2D eigenvalue weighted by Crippen LogP contribution is -2.41. The molecule has 0 amide bonds. The van der Waals surface area contributed by atoms with E-state index in [0.29, 0.717) is 12.0 Å². The SMILES string of the molecule is CCNC(=NCc1cccc(Cn2cncn2)c1)N1CCC2(CCOC2)C1.I. The van der Waals surface area contributed by atoms with Crippen molar-refractivity contribution in [3.8, 4) is 0 Å². The quantitative estimate of drug-likeness (QED) is 0.392. The number of likely N-dealkylation sites (tertiary alicyclic amines) is 1. The Kier molecular flexibility index (Phi) is 7.28. The highest BCUT2D eigenvalue weighted by atomic mass is 127. The third-order valence-corrected chi connectivity index (χ3v) is 5.47. The molecule has 2 saturated heterocycles. The molecule has 0 radical (unpaired) electrons. The van der Waals surface area contributed by atoms with Crippen LogP contribution in [-0.4, -0.2) is 58.5 Å². The molecule has 0 saturated carbocycles. The summed E-state index contributed by atoms with van der Waals surface area (Å²) in [5.41, 5.74) is 2.76. The van der Waals surface area contributed by atoms with Crippen LogP contribution in [-0.2, 0) is 17.8 Å². The number of nitrogens with zero attached hydrogens (tertiary/aromatic N) is 5. The van der Waals surface area contributed by atoms with Crippen molar-refractivity contribution in [2.75, 3.05) is 32.8 Å². The lowest BCUT2D eigenvalue weighted by Gasteiger charge is -2.25. The Hall–Kier alpha value is -1.68. The Morgan fingerprint density at radius 2 is 2.21 bits per heavy atom. The predicted molar refractivity (Wildman–Crippen MR) is 120 cm³/mol. The monoisotopic (exact) mass is 496 g/mol. The molecule has 1 atom stereocenters. The number of aromatic nitrogens is 3. The van der Waals surface area contributed by atoms with Gasteiger partial charge in [0.1, 0.15) is 12.7 Å². The number of ether oxygens (including phenoxy) is 1. The standard InChI is InChI=1S/C20H28N6O.HI/c1-2-22-19(25-8-6-20(13-25)7-9-27-14-20)23-11-17-4-3-5-18(10-17)12-26-16-21-15-24-26;/h3-5,10,15-16H,2,6-9,11-14H2,1H3,(H,22,23);1H. The summed E-state index contributed by atoms with van der Waals surface area (Å²) < 4.78 is 7.49. The summed E-state index contributed by atoms with van der Waals surface area (Å²) in [5.74, 6) is 1.02. The Morgan fingerprint density at radius 3 is 2.96 bits per heavy atom. The normalized spacial score (nSPS) is 21.9. The van der Waals surface area contributed by atoms with E-state index in [1.54, 1.807) is 12.7 Å². The molecule has 8 heteroatoms. The maximum Gasteiger partial charge on any atom is 0.194 e. The van der Waals surface area contributed by atoms with Crippen LogP contribution in [0, 0.1) is 5.41 Å². The molecule has 2 aliphatic rings. The lowest BCUT2D eigenvalue weighted by atomic mass is 9.87. The number of hydrogen-bond acceptors (Lipinski definition) is 4. The van der Waals surface area contributed by atoms with Crippen LogP contribution < -0.4 is 5.32 Å². The topological polar surface area (TPSA) is 67.6 Å². The number of aliphatic imine (C=N–C) groups is 1. The Morgan fingerprint density at radius 1 is 1.32 bits per heavy atom. The molecule has 2 aromatic rings. The van der Waals surface area contributed by atoms with E-state index < -0.39 is 0 Å². The number of rotatable bonds is 5. The van der Waals surface area contributed by atoms with Gasteiger partial charge in [-0.1, -0.05) is 24.3 Å². The van der Waals surface area contributed by atoms with Crippen LogP contribution in [0.2, 0.25) is 0 Å². The zero-order valence-corrected chi connectivity index (χ0v) is 18.7. The smallest absolute Gasteiger partial charge is 0.194 e. The first-order chi connectivity index (χ1) is 13.3. The van der Waals surface area contributed by atoms with Crippen LogP contribution >= 0.6 is 24.0 Å². The molecular weight excluding hydrogens is 467 g/mol. The highest BCUT2D eigenvalue weighted by Gasteiger charge is 2.42. The molecule has 28 heavy (non-hydrogen) atoms. The second-order valence-corrected chi connectivity index (χ2v) is 7.56. The highest BCUT2D eigenvalue weighted by Crippen LogP contribution is 2.38. The van der Waals surface area contributed by atoms with Gasteiger partial charge in [0.15, 0.2) is 5.96 Å². The molecule has 4 rings (SSSR count). The van der Waals surface area contributed by atoms with Gasteiger partial charge in [-0.15, -0.1) is 24.0 Å². The van der Waals surface area contributed by atoms with Crippen molar-refractivity contribution in [2.24, 2.45) is 10.4 Å². The van der Waals surface area contributed by atoms with Gasteiger partial charge in [-0.05, 0) is 30.9 Å². The maximum atomic E-state index is 5.66. The first-order valence-electron chi connectivity index (χ1n) is 9.78. The third-order valence-electron chi connectivity index (χ3n) is 5.47. The van der Waals surface area contributed by atoms with Gasteiger partial charge in [0.2, 0.25) is 0 Å². The summed E-state index contributed by atoms with van der Waals surface area (Å²) in [4.78, 5) is 11.3. The number of halogens is 1. The average Bonchev–Trinajstić information content (AvgIpc) is 3.43. The van der Waals surface area contributed by atoms with E-state index in [4.69, 9.17) is 9.73 Å². The van der Waals surface area contributed by atoms with Gasteiger partial charge in [-0.3, -0.25) is 0 Å². The zero-order chi connectivity index (χ0) is 18.5. The molecule has 1 unspecified atom stereocenters. The molecule has 152 valence electrons. The summed E-state index contributed by atoms with van der Waals surface area (Å²) in [5, 5.41) is 7.64. The van der Waals surface area contributed by atoms with Crippen molar-refractivity contribution in [2.45, 2.75) is 32.9 Å². The lowest BCUT2D eigenvalue weighted by molar-refractivity contribution is 0.156. The van der Waals surface area contributed by atoms with Crippen LogP contribution in [0.25, 0.3) is 0 Å². The van der Waals surface area contributed by atoms with Gasteiger partial charge in [-0.2, -0.15) is 5.10 Å². The molecular formula is C20H29IN6O. The first-order valence-corrected chi connectivity index (χ1v) is 9.78. The van der Waals surface area contributed by atoms with Crippen molar-refractivity contribution in [3.63, 3.8) is 0 Å². The van der Waals surface area contributed by atoms with Gasteiger partial charge in [-0.25, -0.2) is 14.7 Å². The summed E-state index contributed by atoms with van der Waals surface area (Å²) >= 11 is 0. The van der Waals surface area contributed by atoms with Crippen molar-refractivity contribution in [3.05, 3.63) is 48.0 Å². The Balaban J connectivity index is 0.00000225. The molecule has 3 heterocycles. The Labute approximate surface area is 183 Å². The predicted octanol–water partition coefficient (Wildman–Crippen LogP) is 2.52. The summed E-state index contributed by atoms with van der Waals surface area (Å²) in [7, 11) is 0. The van der Waals surface area contributed by atoms with Gasteiger partial charge >= 0.3 is 0 Å². The number of hydrogen-bond donors (Lipinski definition) is 1.